The van der Waals surface area contributed by atoms with Gasteiger partial charge >= 0.3 is 0 Å². The van der Waals surface area contributed by atoms with Crippen molar-refractivity contribution in [1.82, 2.24) is 14.3 Å². The standard InChI is InChI=1S/C16H22BrN3O/c1-5-7-8-19(6-2)16(21)14-12(4)18-15-13(17)9-11(3)10-20(14)15/h9-10H,5-8H2,1-4H3. The summed E-state index contributed by atoms with van der Waals surface area (Å²) in [6.45, 7) is 9.59. The number of aryl methyl sites for hydroxylation is 2. The van der Waals surface area contributed by atoms with Crippen molar-refractivity contribution >= 4 is 27.5 Å². The molecule has 4 nitrogen and oxygen atoms in total. The fourth-order valence-electron chi connectivity index (χ4n) is 2.51. The van der Waals surface area contributed by atoms with Crippen LogP contribution >= 0.6 is 15.9 Å². The van der Waals surface area contributed by atoms with Crippen molar-refractivity contribution in [2.24, 2.45) is 0 Å². The highest BCUT2D eigenvalue weighted by Crippen LogP contribution is 2.23. The lowest BCUT2D eigenvalue weighted by molar-refractivity contribution is 0.0754. The van der Waals surface area contributed by atoms with E-state index in [-0.39, 0.29) is 5.91 Å². The fraction of sp³-hybridized carbons (Fsp3) is 0.500. The zero-order valence-electron chi connectivity index (χ0n) is 13.1. The molecule has 2 aromatic rings. The zero-order valence-corrected chi connectivity index (χ0v) is 14.7. The van der Waals surface area contributed by atoms with Gasteiger partial charge in [0.15, 0.2) is 5.65 Å². The number of carbonyl (C=O) groups excluding carboxylic acids is 1. The quantitative estimate of drug-likeness (QED) is 0.816. The summed E-state index contributed by atoms with van der Waals surface area (Å²) in [4.78, 5) is 19.3. The molecule has 1 amide bonds. The molecule has 0 saturated heterocycles. The van der Waals surface area contributed by atoms with Gasteiger partial charge in [-0.05, 0) is 54.8 Å². The molecule has 0 radical (unpaired) electrons. The Bertz CT molecular complexity index is 663. The van der Waals surface area contributed by atoms with E-state index in [0.29, 0.717) is 5.69 Å². The monoisotopic (exact) mass is 351 g/mol. The largest absolute Gasteiger partial charge is 0.338 e. The molecule has 0 spiro atoms. The van der Waals surface area contributed by atoms with Crippen molar-refractivity contribution in [3.8, 4) is 0 Å². The number of amides is 1. The SMILES string of the molecule is CCCCN(CC)C(=O)c1c(C)nc2c(Br)cc(C)cn12. The molecule has 0 unspecified atom stereocenters. The molecule has 0 saturated carbocycles. The summed E-state index contributed by atoms with van der Waals surface area (Å²) in [6.07, 6.45) is 4.08. The van der Waals surface area contributed by atoms with Crippen molar-refractivity contribution in [2.45, 2.75) is 40.5 Å². The summed E-state index contributed by atoms with van der Waals surface area (Å²) < 4.78 is 2.83. The van der Waals surface area contributed by atoms with Crippen LogP contribution in [0.15, 0.2) is 16.7 Å². The number of unbranched alkanes of at least 4 members (excludes halogenated alkanes) is 1. The van der Waals surface area contributed by atoms with Gasteiger partial charge < -0.3 is 4.90 Å². The van der Waals surface area contributed by atoms with Gasteiger partial charge in [-0.2, -0.15) is 0 Å². The Kier molecular flexibility index (Phi) is 5.04. The van der Waals surface area contributed by atoms with Gasteiger partial charge in [0.1, 0.15) is 5.69 Å². The molecular formula is C16H22BrN3O. The van der Waals surface area contributed by atoms with Gasteiger partial charge in [0.25, 0.3) is 5.91 Å². The number of rotatable bonds is 5. The van der Waals surface area contributed by atoms with Crippen LogP contribution in [0.3, 0.4) is 0 Å². The summed E-state index contributed by atoms with van der Waals surface area (Å²) in [5.74, 6) is 0.0634. The van der Waals surface area contributed by atoms with E-state index in [9.17, 15) is 4.79 Å². The van der Waals surface area contributed by atoms with Gasteiger partial charge in [0.2, 0.25) is 0 Å². The highest BCUT2D eigenvalue weighted by Gasteiger charge is 2.22. The highest BCUT2D eigenvalue weighted by molar-refractivity contribution is 9.10. The van der Waals surface area contributed by atoms with Crippen molar-refractivity contribution in [3.05, 3.63) is 33.7 Å². The van der Waals surface area contributed by atoms with Gasteiger partial charge in [-0.15, -0.1) is 0 Å². The third-order valence-corrected chi connectivity index (χ3v) is 4.22. The number of fused-ring (bicyclic) bond motifs is 1. The van der Waals surface area contributed by atoms with Crippen LogP contribution in [0, 0.1) is 13.8 Å². The highest BCUT2D eigenvalue weighted by atomic mass is 79.9. The fourth-order valence-corrected chi connectivity index (χ4v) is 3.15. The summed E-state index contributed by atoms with van der Waals surface area (Å²) in [5.41, 5.74) is 3.35. The maximum absolute atomic E-state index is 12.9. The van der Waals surface area contributed by atoms with E-state index < -0.39 is 0 Å². The predicted octanol–water partition coefficient (Wildman–Crippen LogP) is 3.98. The van der Waals surface area contributed by atoms with Gasteiger partial charge in [-0.3, -0.25) is 9.20 Å². The van der Waals surface area contributed by atoms with Crippen LogP contribution in [-0.4, -0.2) is 33.3 Å². The third-order valence-electron chi connectivity index (χ3n) is 3.64. The van der Waals surface area contributed by atoms with Crippen molar-refractivity contribution in [2.75, 3.05) is 13.1 Å². The van der Waals surface area contributed by atoms with E-state index in [1.165, 1.54) is 0 Å². The lowest BCUT2D eigenvalue weighted by atomic mass is 10.2. The van der Waals surface area contributed by atoms with Crippen LogP contribution in [0.1, 0.15) is 48.4 Å². The molecule has 114 valence electrons. The summed E-state index contributed by atoms with van der Waals surface area (Å²) in [6, 6.07) is 2.02. The average molecular weight is 352 g/mol. The van der Waals surface area contributed by atoms with Crippen molar-refractivity contribution in [3.63, 3.8) is 0 Å². The lowest BCUT2D eigenvalue weighted by Crippen LogP contribution is -2.33. The molecule has 2 rings (SSSR count). The van der Waals surface area contributed by atoms with E-state index in [1.54, 1.807) is 0 Å². The Labute approximate surface area is 134 Å². The number of nitrogens with zero attached hydrogens (tertiary/aromatic N) is 3. The average Bonchev–Trinajstić information content (AvgIpc) is 2.76. The van der Waals surface area contributed by atoms with Crippen LogP contribution in [0.5, 0.6) is 0 Å². The maximum Gasteiger partial charge on any atom is 0.272 e. The van der Waals surface area contributed by atoms with E-state index in [2.05, 4.69) is 27.8 Å². The third kappa shape index (κ3) is 3.12. The van der Waals surface area contributed by atoms with Crippen LogP contribution in [0.4, 0.5) is 0 Å². The molecule has 0 aliphatic rings. The normalized spacial score (nSPS) is 11.1. The molecule has 0 fully saturated rings. The Morgan fingerprint density at radius 3 is 2.71 bits per heavy atom. The van der Waals surface area contributed by atoms with Crippen LogP contribution in [0.25, 0.3) is 5.65 Å². The van der Waals surface area contributed by atoms with E-state index in [4.69, 9.17) is 0 Å². The molecule has 0 N–H and O–H groups in total. The van der Waals surface area contributed by atoms with Crippen LogP contribution < -0.4 is 0 Å². The molecule has 0 bridgehead atoms. The summed E-state index contributed by atoms with van der Waals surface area (Å²) in [5, 5.41) is 0. The predicted molar refractivity (Wildman–Crippen MR) is 88.9 cm³/mol. The Morgan fingerprint density at radius 2 is 2.10 bits per heavy atom. The molecule has 0 aromatic carbocycles. The molecule has 2 heterocycles. The van der Waals surface area contributed by atoms with E-state index in [1.807, 2.05) is 42.3 Å². The van der Waals surface area contributed by atoms with Crippen molar-refractivity contribution in [1.29, 1.82) is 0 Å². The summed E-state index contributed by atoms with van der Waals surface area (Å²) >= 11 is 3.53. The second-order valence-electron chi connectivity index (χ2n) is 5.34. The second-order valence-corrected chi connectivity index (χ2v) is 6.20. The molecule has 0 aliphatic carbocycles. The Morgan fingerprint density at radius 1 is 1.38 bits per heavy atom. The molecule has 2 aromatic heterocycles. The Balaban J connectivity index is 2.50. The first-order valence-electron chi connectivity index (χ1n) is 7.43. The molecule has 5 heteroatoms. The maximum atomic E-state index is 12.9. The molecule has 21 heavy (non-hydrogen) atoms. The number of hydrogen-bond acceptors (Lipinski definition) is 2. The molecule has 0 aliphatic heterocycles. The number of imidazole rings is 1. The van der Waals surface area contributed by atoms with Crippen LogP contribution in [0.2, 0.25) is 0 Å². The van der Waals surface area contributed by atoms with Crippen molar-refractivity contribution < 1.29 is 4.79 Å². The van der Waals surface area contributed by atoms with Gasteiger partial charge in [-0.25, -0.2) is 4.98 Å². The minimum Gasteiger partial charge on any atom is -0.338 e. The molecular weight excluding hydrogens is 330 g/mol. The number of carbonyl (C=O) groups is 1. The lowest BCUT2D eigenvalue weighted by Gasteiger charge is -2.20. The number of pyridine rings is 1. The summed E-state index contributed by atoms with van der Waals surface area (Å²) in [7, 11) is 0. The molecule has 0 atom stereocenters. The Hall–Kier alpha value is -1.36. The smallest absolute Gasteiger partial charge is 0.272 e. The topological polar surface area (TPSA) is 37.6 Å². The van der Waals surface area contributed by atoms with Gasteiger partial charge in [0.05, 0.1) is 10.2 Å². The minimum atomic E-state index is 0.0634. The van der Waals surface area contributed by atoms with E-state index >= 15 is 0 Å². The number of hydrogen-bond donors (Lipinski definition) is 0. The zero-order chi connectivity index (χ0) is 15.6. The van der Waals surface area contributed by atoms with Crippen LogP contribution in [-0.2, 0) is 0 Å². The van der Waals surface area contributed by atoms with Gasteiger partial charge in [-0.1, -0.05) is 13.3 Å². The minimum absolute atomic E-state index is 0.0634. The first kappa shape index (κ1) is 16.0. The van der Waals surface area contributed by atoms with Gasteiger partial charge in [0, 0.05) is 19.3 Å². The first-order chi connectivity index (χ1) is 9.99. The number of halogens is 1. The first-order valence-corrected chi connectivity index (χ1v) is 8.23. The number of aromatic nitrogens is 2. The second kappa shape index (κ2) is 6.60. The van der Waals surface area contributed by atoms with E-state index in [0.717, 1.165) is 47.3 Å².